The molecule has 1 amide bonds. The molecule has 3 N–H and O–H groups in total. The maximum absolute atomic E-state index is 12.2. The Labute approximate surface area is 153 Å². The molecule has 0 aliphatic carbocycles. The Hall–Kier alpha value is -2.38. The summed E-state index contributed by atoms with van der Waals surface area (Å²) in [5.74, 6) is -0.376. The van der Waals surface area contributed by atoms with Crippen LogP contribution in [0.5, 0.6) is 0 Å². The molecule has 0 saturated carbocycles. The summed E-state index contributed by atoms with van der Waals surface area (Å²) in [6, 6.07) is 8.09. The second-order valence-corrected chi connectivity index (χ2v) is 6.93. The largest absolute Gasteiger partial charge is 0.379 e. The number of anilines is 1. The maximum atomic E-state index is 12.2. The summed E-state index contributed by atoms with van der Waals surface area (Å²) in [5.41, 5.74) is 9.53. The maximum Gasteiger partial charge on any atom is 0.250 e. The molecule has 26 heavy (non-hydrogen) atoms. The highest BCUT2D eigenvalue weighted by molar-refractivity contribution is 5.99. The van der Waals surface area contributed by atoms with E-state index in [-0.39, 0.29) is 11.9 Å². The number of nitrogens with two attached hydrogens (primary N) is 1. The number of hydrogen-bond acceptors (Lipinski definition) is 5. The van der Waals surface area contributed by atoms with Crippen molar-refractivity contribution in [3.05, 3.63) is 47.3 Å². The third-order valence-corrected chi connectivity index (χ3v) is 5.30. The van der Waals surface area contributed by atoms with Gasteiger partial charge in [-0.1, -0.05) is 12.1 Å². The third-order valence-electron chi connectivity index (χ3n) is 5.30. The van der Waals surface area contributed by atoms with Crippen molar-refractivity contribution >= 4 is 11.6 Å². The number of nitrogens with one attached hydrogen (secondary N) is 1. The molecule has 2 aliphatic heterocycles. The molecule has 1 aromatic carbocycles. The van der Waals surface area contributed by atoms with Crippen molar-refractivity contribution in [2.75, 3.05) is 37.7 Å². The molecule has 4 rings (SSSR count). The number of aromatic amines is 1. The smallest absolute Gasteiger partial charge is 0.250 e. The lowest BCUT2D eigenvalue weighted by molar-refractivity contribution is 0.0342. The van der Waals surface area contributed by atoms with Gasteiger partial charge in [0.25, 0.3) is 5.91 Å². The number of carbonyl (C=O) groups is 1. The third kappa shape index (κ3) is 3.32. The topological polar surface area (TPSA) is 87.5 Å². The minimum atomic E-state index is -0.376. The SMILES string of the molecule is NC(=O)c1cccc(CN2CCOCC2)c1N1CCCC1c1ccn[nH]1. The van der Waals surface area contributed by atoms with Gasteiger partial charge in [-0.25, -0.2) is 0 Å². The second-order valence-electron chi connectivity index (χ2n) is 6.93. The number of ether oxygens (including phenoxy) is 1. The van der Waals surface area contributed by atoms with Gasteiger partial charge in [-0.15, -0.1) is 0 Å². The number of carbonyl (C=O) groups excluding carboxylic acids is 1. The molecule has 1 atom stereocenters. The van der Waals surface area contributed by atoms with Gasteiger partial charge in [0.2, 0.25) is 0 Å². The molecule has 1 aromatic heterocycles. The van der Waals surface area contributed by atoms with Crippen LogP contribution in [0.15, 0.2) is 30.5 Å². The molecule has 0 bridgehead atoms. The Morgan fingerprint density at radius 2 is 2.12 bits per heavy atom. The van der Waals surface area contributed by atoms with Gasteiger partial charge in [0.15, 0.2) is 0 Å². The highest BCUT2D eigenvalue weighted by Gasteiger charge is 2.31. The average Bonchev–Trinajstić information content (AvgIpc) is 3.33. The van der Waals surface area contributed by atoms with Gasteiger partial charge in [-0.05, 0) is 30.5 Å². The number of morpholine rings is 1. The molecule has 2 aromatic rings. The normalized spacial score (nSPS) is 21.2. The molecular formula is C19H25N5O2. The minimum absolute atomic E-state index is 0.196. The number of primary amides is 1. The summed E-state index contributed by atoms with van der Waals surface area (Å²) < 4.78 is 5.46. The Morgan fingerprint density at radius 3 is 2.85 bits per heavy atom. The van der Waals surface area contributed by atoms with Crippen molar-refractivity contribution in [3.8, 4) is 0 Å². The molecular weight excluding hydrogens is 330 g/mol. The molecule has 1 unspecified atom stereocenters. The van der Waals surface area contributed by atoms with E-state index >= 15 is 0 Å². The van der Waals surface area contributed by atoms with E-state index in [9.17, 15) is 4.79 Å². The molecule has 3 heterocycles. The number of benzene rings is 1. The number of rotatable bonds is 5. The van der Waals surface area contributed by atoms with Crippen LogP contribution in [-0.4, -0.2) is 53.9 Å². The van der Waals surface area contributed by atoms with Crippen LogP contribution in [0, 0.1) is 0 Å². The number of nitrogens with zero attached hydrogens (tertiary/aromatic N) is 3. The summed E-state index contributed by atoms with van der Waals surface area (Å²) in [4.78, 5) is 16.9. The number of H-pyrrole nitrogens is 1. The van der Waals surface area contributed by atoms with E-state index in [1.807, 2.05) is 18.2 Å². The summed E-state index contributed by atoms with van der Waals surface area (Å²) in [5, 5.41) is 7.20. The molecule has 0 radical (unpaired) electrons. The van der Waals surface area contributed by atoms with Crippen LogP contribution in [0.4, 0.5) is 5.69 Å². The summed E-state index contributed by atoms with van der Waals surface area (Å²) >= 11 is 0. The average molecular weight is 355 g/mol. The van der Waals surface area contributed by atoms with E-state index < -0.39 is 0 Å². The van der Waals surface area contributed by atoms with Crippen molar-refractivity contribution in [1.29, 1.82) is 0 Å². The van der Waals surface area contributed by atoms with Gasteiger partial charge < -0.3 is 15.4 Å². The van der Waals surface area contributed by atoms with Crippen LogP contribution in [0.3, 0.4) is 0 Å². The fourth-order valence-corrected chi connectivity index (χ4v) is 4.07. The van der Waals surface area contributed by atoms with Gasteiger partial charge >= 0.3 is 0 Å². The Bertz CT molecular complexity index is 755. The van der Waals surface area contributed by atoms with Gasteiger partial charge in [0.05, 0.1) is 36.2 Å². The van der Waals surface area contributed by atoms with E-state index in [0.717, 1.165) is 69.2 Å². The van der Waals surface area contributed by atoms with Crippen LogP contribution < -0.4 is 10.6 Å². The van der Waals surface area contributed by atoms with Gasteiger partial charge in [0.1, 0.15) is 0 Å². The molecule has 138 valence electrons. The Kier molecular flexibility index (Phi) is 4.90. The first-order valence-electron chi connectivity index (χ1n) is 9.22. The molecule has 2 aliphatic rings. The highest BCUT2D eigenvalue weighted by Crippen LogP contribution is 2.39. The van der Waals surface area contributed by atoms with Crippen LogP contribution in [-0.2, 0) is 11.3 Å². The minimum Gasteiger partial charge on any atom is -0.379 e. The first-order chi connectivity index (χ1) is 12.7. The molecule has 2 fully saturated rings. The zero-order chi connectivity index (χ0) is 17.9. The van der Waals surface area contributed by atoms with Crippen LogP contribution >= 0.6 is 0 Å². The fourth-order valence-electron chi connectivity index (χ4n) is 4.07. The van der Waals surface area contributed by atoms with Crippen molar-refractivity contribution in [2.24, 2.45) is 5.73 Å². The van der Waals surface area contributed by atoms with E-state index in [1.165, 1.54) is 0 Å². The number of para-hydroxylation sites is 1. The molecule has 2 saturated heterocycles. The summed E-state index contributed by atoms with van der Waals surface area (Å²) in [7, 11) is 0. The predicted octanol–water partition coefficient (Wildman–Crippen LogP) is 1.68. The van der Waals surface area contributed by atoms with Crippen molar-refractivity contribution < 1.29 is 9.53 Å². The molecule has 7 heteroatoms. The number of hydrogen-bond donors (Lipinski definition) is 2. The lowest BCUT2D eigenvalue weighted by atomic mass is 10.0. The van der Waals surface area contributed by atoms with Crippen molar-refractivity contribution in [3.63, 3.8) is 0 Å². The van der Waals surface area contributed by atoms with Gasteiger partial charge in [-0.3, -0.25) is 14.8 Å². The van der Waals surface area contributed by atoms with Crippen molar-refractivity contribution in [2.45, 2.75) is 25.4 Å². The Balaban J connectivity index is 1.71. The lowest BCUT2D eigenvalue weighted by Crippen LogP contribution is -2.36. The molecule has 0 spiro atoms. The molecule has 7 nitrogen and oxygen atoms in total. The van der Waals surface area contributed by atoms with Crippen molar-refractivity contribution in [1.82, 2.24) is 15.1 Å². The zero-order valence-electron chi connectivity index (χ0n) is 14.9. The van der Waals surface area contributed by atoms with E-state index in [0.29, 0.717) is 5.56 Å². The quantitative estimate of drug-likeness (QED) is 0.852. The monoisotopic (exact) mass is 355 g/mol. The van der Waals surface area contributed by atoms with Gasteiger partial charge in [0, 0.05) is 32.4 Å². The van der Waals surface area contributed by atoms with Gasteiger partial charge in [-0.2, -0.15) is 5.10 Å². The van der Waals surface area contributed by atoms with E-state index in [2.05, 4.69) is 26.1 Å². The van der Waals surface area contributed by atoms with E-state index in [4.69, 9.17) is 10.5 Å². The van der Waals surface area contributed by atoms with Crippen LogP contribution in [0.2, 0.25) is 0 Å². The summed E-state index contributed by atoms with van der Waals surface area (Å²) in [6.07, 6.45) is 3.89. The highest BCUT2D eigenvalue weighted by atomic mass is 16.5. The second kappa shape index (κ2) is 7.47. The number of amides is 1. The Morgan fingerprint density at radius 1 is 1.27 bits per heavy atom. The standard InChI is InChI=1S/C19H25N5O2/c20-19(25)15-4-1-3-14(13-23-9-11-26-12-10-23)18(15)24-8-2-5-17(24)16-6-7-21-22-16/h1,3-4,6-7,17H,2,5,8-13H2,(H2,20,25)(H,21,22). The number of aromatic nitrogens is 2. The lowest BCUT2D eigenvalue weighted by Gasteiger charge is -2.32. The zero-order valence-corrected chi connectivity index (χ0v) is 14.9. The van der Waals surface area contributed by atoms with Crippen LogP contribution in [0.1, 0.15) is 40.5 Å². The fraction of sp³-hybridized carbons (Fsp3) is 0.474. The first kappa shape index (κ1) is 17.1. The van der Waals surface area contributed by atoms with E-state index in [1.54, 1.807) is 6.20 Å². The first-order valence-corrected chi connectivity index (χ1v) is 9.22. The predicted molar refractivity (Wildman–Crippen MR) is 99.0 cm³/mol. The summed E-state index contributed by atoms with van der Waals surface area (Å²) in [6.45, 7) is 5.03. The van der Waals surface area contributed by atoms with Crippen LogP contribution in [0.25, 0.3) is 0 Å².